The lowest BCUT2D eigenvalue weighted by atomic mass is 9.95. The maximum absolute atomic E-state index is 11.3. The zero-order chi connectivity index (χ0) is 13.0. The number of pyridine rings is 1. The van der Waals surface area contributed by atoms with E-state index >= 15 is 0 Å². The van der Waals surface area contributed by atoms with Crippen molar-refractivity contribution in [2.75, 3.05) is 13.7 Å². The molecule has 4 heteroatoms. The third-order valence-corrected chi connectivity index (χ3v) is 3.03. The Morgan fingerprint density at radius 1 is 1.44 bits per heavy atom. The molecule has 0 amide bonds. The summed E-state index contributed by atoms with van der Waals surface area (Å²) < 4.78 is 4.68. The Hall–Kier alpha value is -1.94. The lowest BCUT2D eigenvalue weighted by molar-refractivity contribution is -0.141. The summed E-state index contributed by atoms with van der Waals surface area (Å²) in [4.78, 5) is 15.6. The molecule has 1 heterocycles. The van der Waals surface area contributed by atoms with Crippen LogP contribution in [0.25, 0.3) is 10.9 Å². The zero-order valence-electron chi connectivity index (χ0n) is 10.3. The van der Waals surface area contributed by atoms with Crippen LogP contribution in [0.5, 0.6) is 0 Å². The van der Waals surface area contributed by atoms with Crippen molar-refractivity contribution in [3.05, 3.63) is 42.1 Å². The summed E-state index contributed by atoms with van der Waals surface area (Å²) in [7, 11) is 1.39. The Morgan fingerprint density at radius 2 is 2.28 bits per heavy atom. The summed E-state index contributed by atoms with van der Waals surface area (Å²) in [5.41, 5.74) is 7.66. The monoisotopic (exact) mass is 244 g/mol. The van der Waals surface area contributed by atoms with E-state index in [9.17, 15) is 4.79 Å². The van der Waals surface area contributed by atoms with Gasteiger partial charge in [-0.25, -0.2) is 0 Å². The van der Waals surface area contributed by atoms with Gasteiger partial charge in [-0.15, -0.1) is 0 Å². The van der Waals surface area contributed by atoms with Crippen LogP contribution in [0.3, 0.4) is 0 Å². The summed E-state index contributed by atoms with van der Waals surface area (Å²) in [6.07, 6.45) is 2.05. The van der Waals surface area contributed by atoms with E-state index in [1.165, 1.54) is 7.11 Å². The molecule has 0 aliphatic heterocycles. The number of carbonyl (C=O) groups is 1. The number of hydrogen-bond donors (Lipinski definition) is 1. The fourth-order valence-electron chi connectivity index (χ4n) is 1.96. The van der Waals surface area contributed by atoms with Gasteiger partial charge >= 0.3 is 5.97 Å². The molecule has 0 saturated carbocycles. The first kappa shape index (κ1) is 12.5. The molecule has 94 valence electrons. The Bertz CT molecular complexity index is 554. The predicted molar refractivity (Wildman–Crippen MR) is 70.2 cm³/mol. The summed E-state index contributed by atoms with van der Waals surface area (Å²) >= 11 is 0. The standard InChI is InChI=1S/C14H16N2O2/c1-18-14(17)8-12(9-15)11-5-4-10-3-2-6-16-13(10)7-11/h2-7,12H,8-9,15H2,1H3. The molecule has 0 spiro atoms. The molecule has 0 radical (unpaired) electrons. The van der Waals surface area contributed by atoms with E-state index in [0.717, 1.165) is 16.5 Å². The molecule has 1 aromatic carbocycles. The highest BCUT2D eigenvalue weighted by Crippen LogP contribution is 2.22. The van der Waals surface area contributed by atoms with Crippen molar-refractivity contribution in [2.45, 2.75) is 12.3 Å². The van der Waals surface area contributed by atoms with Crippen LogP contribution in [0, 0.1) is 0 Å². The van der Waals surface area contributed by atoms with Gasteiger partial charge < -0.3 is 10.5 Å². The number of fused-ring (bicyclic) bond motifs is 1. The molecule has 2 rings (SSSR count). The second-order valence-corrected chi connectivity index (χ2v) is 4.17. The number of aromatic nitrogens is 1. The van der Waals surface area contributed by atoms with Gasteiger partial charge in [0.25, 0.3) is 0 Å². The second kappa shape index (κ2) is 5.60. The van der Waals surface area contributed by atoms with Crippen molar-refractivity contribution < 1.29 is 9.53 Å². The van der Waals surface area contributed by atoms with Crippen LogP contribution in [0.15, 0.2) is 36.5 Å². The molecule has 18 heavy (non-hydrogen) atoms. The second-order valence-electron chi connectivity index (χ2n) is 4.17. The largest absolute Gasteiger partial charge is 0.469 e. The highest BCUT2D eigenvalue weighted by Gasteiger charge is 2.15. The van der Waals surface area contributed by atoms with Crippen LogP contribution in [0.2, 0.25) is 0 Å². The van der Waals surface area contributed by atoms with Crippen LogP contribution >= 0.6 is 0 Å². The molecule has 0 aliphatic carbocycles. The third-order valence-electron chi connectivity index (χ3n) is 3.03. The maximum atomic E-state index is 11.3. The molecule has 4 nitrogen and oxygen atoms in total. The molecule has 1 unspecified atom stereocenters. The van der Waals surface area contributed by atoms with Gasteiger partial charge in [0.15, 0.2) is 0 Å². The Balaban J connectivity index is 2.30. The quantitative estimate of drug-likeness (QED) is 0.833. The van der Waals surface area contributed by atoms with Gasteiger partial charge in [-0.2, -0.15) is 0 Å². The minimum atomic E-state index is -0.244. The Kier molecular flexibility index (Phi) is 3.89. The van der Waals surface area contributed by atoms with Crippen molar-refractivity contribution in [2.24, 2.45) is 5.73 Å². The van der Waals surface area contributed by atoms with E-state index in [2.05, 4.69) is 9.72 Å². The maximum Gasteiger partial charge on any atom is 0.306 e. The van der Waals surface area contributed by atoms with Crippen molar-refractivity contribution in [3.63, 3.8) is 0 Å². The number of methoxy groups -OCH3 is 1. The van der Waals surface area contributed by atoms with Gasteiger partial charge in [-0.1, -0.05) is 18.2 Å². The van der Waals surface area contributed by atoms with Gasteiger partial charge in [0.2, 0.25) is 0 Å². The van der Waals surface area contributed by atoms with E-state index in [1.807, 2.05) is 30.3 Å². The van der Waals surface area contributed by atoms with E-state index in [-0.39, 0.29) is 11.9 Å². The van der Waals surface area contributed by atoms with Crippen molar-refractivity contribution in [1.29, 1.82) is 0 Å². The molecule has 0 saturated heterocycles. The van der Waals surface area contributed by atoms with Crippen LogP contribution in [0.1, 0.15) is 17.9 Å². The minimum absolute atomic E-state index is 0.0242. The van der Waals surface area contributed by atoms with Crippen LogP contribution in [-0.2, 0) is 9.53 Å². The van der Waals surface area contributed by atoms with E-state index in [1.54, 1.807) is 6.20 Å². The molecular weight excluding hydrogens is 228 g/mol. The van der Waals surface area contributed by atoms with Gasteiger partial charge in [0.05, 0.1) is 19.0 Å². The number of esters is 1. The first-order valence-corrected chi connectivity index (χ1v) is 5.86. The van der Waals surface area contributed by atoms with Crippen molar-refractivity contribution in [3.8, 4) is 0 Å². The molecular formula is C14H16N2O2. The number of rotatable bonds is 4. The first-order chi connectivity index (χ1) is 8.74. The lowest BCUT2D eigenvalue weighted by Crippen LogP contribution is -2.17. The summed E-state index contributed by atoms with van der Waals surface area (Å²) in [6.45, 7) is 0.410. The van der Waals surface area contributed by atoms with Gasteiger partial charge in [-0.3, -0.25) is 9.78 Å². The topological polar surface area (TPSA) is 65.2 Å². The van der Waals surface area contributed by atoms with E-state index in [0.29, 0.717) is 13.0 Å². The minimum Gasteiger partial charge on any atom is -0.469 e. The normalized spacial score (nSPS) is 12.3. The number of ether oxygens (including phenoxy) is 1. The third kappa shape index (κ3) is 2.65. The van der Waals surface area contributed by atoms with Crippen LogP contribution in [-0.4, -0.2) is 24.6 Å². The fraction of sp³-hybridized carbons (Fsp3) is 0.286. The summed E-state index contributed by atoms with van der Waals surface area (Å²) in [6, 6.07) is 9.87. The smallest absolute Gasteiger partial charge is 0.306 e. The summed E-state index contributed by atoms with van der Waals surface area (Å²) in [5, 5.41) is 1.08. The predicted octanol–water partition coefficient (Wildman–Crippen LogP) is 1.84. The first-order valence-electron chi connectivity index (χ1n) is 5.86. The van der Waals surface area contributed by atoms with Crippen LogP contribution in [0.4, 0.5) is 0 Å². The molecule has 1 aromatic heterocycles. The SMILES string of the molecule is COC(=O)CC(CN)c1ccc2cccnc2c1. The van der Waals surface area contributed by atoms with E-state index < -0.39 is 0 Å². The Labute approximate surface area is 106 Å². The number of carbonyl (C=O) groups excluding carboxylic acids is 1. The Morgan fingerprint density at radius 3 is 3.00 bits per heavy atom. The van der Waals surface area contributed by atoms with Crippen molar-refractivity contribution >= 4 is 16.9 Å². The lowest BCUT2D eigenvalue weighted by Gasteiger charge is -2.14. The average molecular weight is 244 g/mol. The number of nitrogens with two attached hydrogens (primary N) is 1. The molecule has 2 aromatic rings. The summed E-state index contributed by atoms with van der Waals surface area (Å²) in [5.74, 6) is -0.268. The highest BCUT2D eigenvalue weighted by molar-refractivity contribution is 5.79. The van der Waals surface area contributed by atoms with Gasteiger partial charge in [0, 0.05) is 17.5 Å². The van der Waals surface area contributed by atoms with Gasteiger partial charge in [0.1, 0.15) is 0 Å². The molecule has 2 N–H and O–H groups in total. The number of nitrogens with zero attached hydrogens (tertiary/aromatic N) is 1. The zero-order valence-corrected chi connectivity index (χ0v) is 10.3. The van der Waals surface area contributed by atoms with Gasteiger partial charge in [-0.05, 0) is 24.2 Å². The molecule has 0 fully saturated rings. The van der Waals surface area contributed by atoms with E-state index in [4.69, 9.17) is 5.73 Å². The average Bonchev–Trinajstić information content (AvgIpc) is 2.44. The van der Waals surface area contributed by atoms with Crippen LogP contribution < -0.4 is 5.73 Å². The number of benzene rings is 1. The fourth-order valence-corrected chi connectivity index (χ4v) is 1.96. The molecule has 1 atom stereocenters. The highest BCUT2D eigenvalue weighted by atomic mass is 16.5. The molecule has 0 bridgehead atoms. The van der Waals surface area contributed by atoms with Crippen molar-refractivity contribution in [1.82, 2.24) is 4.98 Å². The molecule has 0 aliphatic rings. The number of hydrogen-bond acceptors (Lipinski definition) is 4.